The van der Waals surface area contributed by atoms with E-state index in [-0.39, 0.29) is 0 Å². The highest BCUT2D eigenvalue weighted by molar-refractivity contribution is 5.82. The van der Waals surface area contributed by atoms with E-state index in [0.717, 1.165) is 19.3 Å². The Kier molecular flexibility index (Phi) is 8.19. The van der Waals surface area contributed by atoms with Crippen molar-refractivity contribution in [3.63, 3.8) is 0 Å². The van der Waals surface area contributed by atoms with Crippen LogP contribution >= 0.6 is 0 Å². The van der Waals surface area contributed by atoms with Gasteiger partial charge in [0.1, 0.15) is 6.04 Å². The lowest BCUT2D eigenvalue weighted by Gasteiger charge is -2.14. The molecule has 2 amide bonds. The molecule has 0 unspecified atom stereocenters. The van der Waals surface area contributed by atoms with Crippen molar-refractivity contribution in [2.24, 2.45) is 5.92 Å². The van der Waals surface area contributed by atoms with Crippen molar-refractivity contribution in [3.8, 4) is 0 Å². The molecule has 0 aromatic rings. The van der Waals surface area contributed by atoms with Crippen LogP contribution in [0.15, 0.2) is 0 Å². The fraction of sp³-hybridized carbons (Fsp3) is 0.833. The molecule has 17 heavy (non-hydrogen) atoms. The SMILES string of the molecule is CCC[C@H](NC(=O)NCCCC(C)C)C(=O)O. The molecule has 0 aromatic carbocycles. The van der Waals surface area contributed by atoms with Crippen LogP contribution in [0.1, 0.15) is 46.5 Å². The third-order valence-electron chi connectivity index (χ3n) is 2.42. The zero-order valence-electron chi connectivity index (χ0n) is 11.0. The highest BCUT2D eigenvalue weighted by atomic mass is 16.4. The van der Waals surface area contributed by atoms with Gasteiger partial charge in [0.15, 0.2) is 0 Å². The summed E-state index contributed by atoms with van der Waals surface area (Å²) in [5.41, 5.74) is 0. The maximum absolute atomic E-state index is 11.4. The number of amides is 2. The molecule has 0 bridgehead atoms. The van der Waals surface area contributed by atoms with Gasteiger partial charge in [-0.1, -0.05) is 27.2 Å². The number of aliphatic carboxylic acids is 1. The molecule has 5 heteroatoms. The zero-order chi connectivity index (χ0) is 13.3. The maximum atomic E-state index is 11.4. The van der Waals surface area contributed by atoms with Gasteiger partial charge in [0.25, 0.3) is 0 Å². The third kappa shape index (κ3) is 8.54. The van der Waals surface area contributed by atoms with Crippen LogP contribution in [-0.2, 0) is 4.79 Å². The molecule has 5 nitrogen and oxygen atoms in total. The molecule has 0 heterocycles. The Labute approximate surface area is 103 Å². The van der Waals surface area contributed by atoms with Crippen molar-refractivity contribution in [2.45, 2.75) is 52.5 Å². The van der Waals surface area contributed by atoms with E-state index >= 15 is 0 Å². The van der Waals surface area contributed by atoms with Crippen molar-refractivity contribution in [1.29, 1.82) is 0 Å². The molecular weight excluding hydrogens is 220 g/mol. The lowest BCUT2D eigenvalue weighted by Crippen LogP contribution is -2.46. The molecule has 0 saturated heterocycles. The normalized spacial score (nSPS) is 12.2. The Hall–Kier alpha value is -1.26. The van der Waals surface area contributed by atoms with Crippen molar-refractivity contribution >= 4 is 12.0 Å². The van der Waals surface area contributed by atoms with Crippen LogP contribution in [-0.4, -0.2) is 29.7 Å². The number of carboxylic acid groups (broad SMARTS) is 1. The molecule has 100 valence electrons. The van der Waals surface area contributed by atoms with Gasteiger partial charge in [0.05, 0.1) is 0 Å². The first-order valence-electron chi connectivity index (χ1n) is 6.24. The molecule has 0 radical (unpaired) electrons. The van der Waals surface area contributed by atoms with Crippen LogP contribution in [0.3, 0.4) is 0 Å². The molecule has 0 spiro atoms. The highest BCUT2D eigenvalue weighted by Crippen LogP contribution is 2.01. The van der Waals surface area contributed by atoms with Gasteiger partial charge in [0.2, 0.25) is 0 Å². The quantitative estimate of drug-likeness (QED) is 0.571. The molecule has 1 atom stereocenters. The average molecular weight is 244 g/mol. The Morgan fingerprint density at radius 2 is 1.88 bits per heavy atom. The van der Waals surface area contributed by atoms with E-state index in [1.54, 1.807) is 0 Å². The van der Waals surface area contributed by atoms with Gasteiger partial charge in [0, 0.05) is 6.54 Å². The molecule has 3 N–H and O–H groups in total. The molecule has 0 aliphatic heterocycles. The highest BCUT2D eigenvalue weighted by Gasteiger charge is 2.18. The van der Waals surface area contributed by atoms with Gasteiger partial charge in [-0.15, -0.1) is 0 Å². The van der Waals surface area contributed by atoms with E-state index in [1.165, 1.54) is 0 Å². The first-order valence-corrected chi connectivity index (χ1v) is 6.24. The van der Waals surface area contributed by atoms with Gasteiger partial charge < -0.3 is 15.7 Å². The molecular formula is C12H24N2O3. The Morgan fingerprint density at radius 1 is 1.24 bits per heavy atom. The molecule has 0 saturated carbocycles. The Bertz CT molecular complexity index is 242. The van der Waals surface area contributed by atoms with Crippen molar-refractivity contribution < 1.29 is 14.7 Å². The Balaban J connectivity index is 3.78. The second kappa shape index (κ2) is 8.84. The van der Waals surface area contributed by atoms with Gasteiger partial charge in [-0.2, -0.15) is 0 Å². The summed E-state index contributed by atoms with van der Waals surface area (Å²) in [4.78, 5) is 22.2. The predicted octanol–water partition coefficient (Wildman–Crippen LogP) is 1.98. The first-order chi connectivity index (χ1) is 7.97. The van der Waals surface area contributed by atoms with Crippen LogP contribution in [0.25, 0.3) is 0 Å². The predicted molar refractivity (Wildman–Crippen MR) is 66.9 cm³/mol. The van der Waals surface area contributed by atoms with E-state index < -0.39 is 18.0 Å². The minimum absolute atomic E-state index is 0.394. The van der Waals surface area contributed by atoms with Crippen LogP contribution in [0, 0.1) is 5.92 Å². The number of carbonyl (C=O) groups excluding carboxylic acids is 1. The fourth-order valence-corrected chi connectivity index (χ4v) is 1.47. The number of hydrogen-bond donors (Lipinski definition) is 3. The monoisotopic (exact) mass is 244 g/mol. The summed E-state index contributed by atoms with van der Waals surface area (Å²) in [5, 5.41) is 14.0. The zero-order valence-corrected chi connectivity index (χ0v) is 11.0. The molecule has 0 aromatic heterocycles. The summed E-state index contributed by atoms with van der Waals surface area (Å²) < 4.78 is 0. The first kappa shape index (κ1) is 15.7. The molecule has 0 fully saturated rings. The topological polar surface area (TPSA) is 78.4 Å². The lowest BCUT2D eigenvalue weighted by atomic mass is 10.1. The average Bonchev–Trinajstić information content (AvgIpc) is 2.23. The number of carboxylic acids is 1. The van der Waals surface area contributed by atoms with E-state index in [2.05, 4.69) is 24.5 Å². The summed E-state index contributed by atoms with van der Waals surface area (Å²) in [6.07, 6.45) is 3.15. The summed E-state index contributed by atoms with van der Waals surface area (Å²) in [7, 11) is 0. The standard InChI is InChI=1S/C12H24N2O3/c1-4-6-10(11(15)16)14-12(17)13-8-5-7-9(2)3/h9-10H,4-8H2,1-3H3,(H,15,16)(H2,13,14,17)/t10-/m0/s1. The number of rotatable bonds is 8. The number of carbonyl (C=O) groups is 2. The summed E-state index contributed by atoms with van der Waals surface area (Å²) in [6.45, 7) is 6.73. The van der Waals surface area contributed by atoms with E-state index in [4.69, 9.17) is 5.11 Å². The maximum Gasteiger partial charge on any atom is 0.326 e. The van der Waals surface area contributed by atoms with E-state index in [9.17, 15) is 9.59 Å². The number of nitrogens with one attached hydrogen (secondary N) is 2. The van der Waals surface area contributed by atoms with Crippen molar-refractivity contribution in [3.05, 3.63) is 0 Å². The summed E-state index contributed by atoms with van der Waals surface area (Å²) >= 11 is 0. The largest absolute Gasteiger partial charge is 0.480 e. The Morgan fingerprint density at radius 3 is 2.35 bits per heavy atom. The lowest BCUT2D eigenvalue weighted by molar-refractivity contribution is -0.139. The minimum atomic E-state index is -0.982. The third-order valence-corrected chi connectivity index (χ3v) is 2.42. The molecule has 0 aliphatic carbocycles. The van der Waals surface area contributed by atoms with Crippen LogP contribution in [0.4, 0.5) is 4.79 Å². The van der Waals surface area contributed by atoms with E-state index in [1.807, 2.05) is 6.92 Å². The van der Waals surface area contributed by atoms with Crippen molar-refractivity contribution in [1.82, 2.24) is 10.6 Å². The van der Waals surface area contributed by atoms with Gasteiger partial charge in [-0.3, -0.25) is 0 Å². The van der Waals surface area contributed by atoms with Gasteiger partial charge >= 0.3 is 12.0 Å². The molecule has 0 rings (SSSR count). The second-order valence-corrected chi connectivity index (χ2v) is 4.62. The van der Waals surface area contributed by atoms with Crippen LogP contribution in [0.5, 0.6) is 0 Å². The van der Waals surface area contributed by atoms with Gasteiger partial charge in [-0.05, 0) is 25.2 Å². The number of hydrogen-bond acceptors (Lipinski definition) is 2. The van der Waals surface area contributed by atoms with Crippen LogP contribution < -0.4 is 10.6 Å². The van der Waals surface area contributed by atoms with Gasteiger partial charge in [-0.25, -0.2) is 9.59 Å². The summed E-state index contributed by atoms with van der Waals surface area (Å²) in [5.74, 6) is -0.365. The second-order valence-electron chi connectivity index (χ2n) is 4.62. The number of urea groups is 1. The van der Waals surface area contributed by atoms with E-state index in [0.29, 0.717) is 18.9 Å². The summed E-state index contributed by atoms with van der Waals surface area (Å²) in [6, 6.07) is -1.18. The molecule has 0 aliphatic rings. The van der Waals surface area contributed by atoms with Crippen LogP contribution in [0.2, 0.25) is 0 Å². The minimum Gasteiger partial charge on any atom is -0.480 e. The smallest absolute Gasteiger partial charge is 0.326 e. The van der Waals surface area contributed by atoms with Crippen molar-refractivity contribution in [2.75, 3.05) is 6.54 Å². The fourth-order valence-electron chi connectivity index (χ4n) is 1.47.